The number of amides is 1. The first-order chi connectivity index (χ1) is 10.7. The van der Waals surface area contributed by atoms with Crippen LogP contribution in [0, 0.1) is 10.1 Å². The lowest BCUT2D eigenvalue weighted by Gasteiger charge is -2.25. The van der Waals surface area contributed by atoms with E-state index in [4.69, 9.17) is 0 Å². The summed E-state index contributed by atoms with van der Waals surface area (Å²) in [7, 11) is 0. The molecule has 1 aromatic carbocycles. The van der Waals surface area contributed by atoms with Crippen LogP contribution in [0.5, 0.6) is 0 Å². The maximum absolute atomic E-state index is 12.7. The van der Waals surface area contributed by atoms with E-state index in [2.05, 4.69) is 4.98 Å². The van der Waals surface area contributed by atoms with E-state index in [-0.39, 0.29) is 17.6 Å². The fourth-order valence-corrected chi connectivity index (χ4v) is 2.86. The molecule has 112 valence electrons. The molecule has 1 fully saturated rings. The minimum absolute atomic E-state index is 0.00904. The Morgan fingerprint density at radius 2 is 2.05 bits per heavy atom. The zero-order valence-electron chi connectivity index (χ0n) is 11.9. The topological polar surface area (TPSA) is 76.3 Å². The van der Waals surface area contributed by atoms with Gasteiger partial charge in [-0.1, -0.05) is 6.07 Å². The number of non-ortho nitro benzene ring substituents is 1. The van der Waals surface area contributed by atoms with Gasteiger partial charge in [-0.25, -0.2) is 0 Å². The Labute approximate surface area is 127 Å². The van der Waals surface area contributed by atoms with E-state index in [1.54, 1.807) is 29.4 Å². The van der Waals surface area contributed by atoms with Gasteiger partial charge in [0, 0.05) is 36.6 Å². The first-order valence-corrected chi connectivity index (χ1v) is 7.12. The smallest absolute Gasteiger partial charge is 0.270 e. The highest BCUT2D eigenvalue weighted by Crippen LogP contribution is 2.33. The number of hydrogen-bond donors (Lipinski definition) is 0. The molecule has 0 saturated carbocycles. The van der Waals surface area contributed by atoms with Gasteiger partial charge in [-0.3, -0.25) is 19.9 Å². The van der Waals surface area contributed by atoms with Crippen LogP contribution in [-0.2, 0) is 0 Å². The van der Waals surface area contributed by atoms with Crippen LogP contribution in [0.1, 0.15) is 34.8 Å². The number of nitrogens with zero attached hydrogens (tertiary/aromatic N) is 3. The molecule has 6 nitrogen and oxygen atoms in total. The van der Waals surface area contributed by atoms with Crippen LogP contribution in [0.15, 0.2) is 48.8 Å². The van der Waals surface area contributed by atoms with Crippen LogP contribution in [0.2, 0.25) is 0 Å². The van der Waals surface area contributed by atoms with Crippen LogP contribution < -0.4 is 0 Å². The maximum Gasteiger partial charge on any atom is 0.270 e. The van der Waals surface area contributed by atoms with Gasteiger partial charge in [0.15, 0.2) is 0 Å². The third-order valence-corrected chi connectivity index (χ3v) is 3.91. The Hall–Kier alpha value is -2.76. The number of carbonyl (C=O) groups excluding carboxylic acids is 1. The van der Waals surface area contributed by atoms with Crippen molar-refractivity contribution in [3.8, 4) is 0 Å². The zero-order valence-corrected chi connectivity index (χ0v) is 11.9. The molecule has 1 aliphatic heterocycles. The average molecular weight is 297 g/mol. The monoisotopic (exact) mass is 297 g/mol. The average Bonchev–Trinajstić information content (AvgIpc) is 3.04. The summed E-state index contributed by atoms with van der Waals surface area (Å²) in [4.78, 5) is 28.8. The molecule has 1 amide bonds. The van der Waals surface area contributed by atoms with Crippen LogP contribution in [0.4, 0.5) is 5.69 Å². The van der Waals surface area contributed by atoms with Crippen LogP contribution in [0.3, 0.4) is 0 Å². The van der Waals surface area contributed by atoms with Gasteiger partial charge in [0.2, 0.25) is 0 Å². The normalized spacial score (nSPS) is 17.5. The lowest BCUT2D eigenvalue weighted by Crippen LogP contribution is -2.30. The summed E-state index contributed by atoms with van der Waals surface area (Å²) >= 11 is 0. The van der Waals surface area contributed by atoms with Crippen molar-refractivity contribution in [1.29, 1.82) is 0 Å². The Morgan fingerprint density at radius 3 is 2.77 bits per heavy atom. The number of nitro benzene ring substituents is 1. The van der Waals surface area contributed by atoms with E-state index in [1.807, 2.05) is 12.1 Å². The number of likely N-dealkylation sites (tertiary alicyclic amines) is 1. The minimum atomic E-state index is -0.485. The first kappa shape index (κ1) is 14.2. The predicted octanol–water partition coefficient (Wildman–Crippen LogP) is 2.97. The van der Waals surface area contributed by atoms with Crippen molar-refractivity contribution in [3.63, 3.8) is 0 Å². The van der Waals surface area contributed by atoms with Gasteiger partial charge in [0.05, 0.1) is 11.0 Å². The summed E-state index contributed by atoms with van der Waals surface area (Å²) in [5, 5.41) is 10.9. The maximum atomic E-state index is 12.7. The predicted molar refractivity (Wildman–Crippen MR) is 80.3 cm³/mol. The standard InChI is InChI=1S/C16H15N3O3/c20-16(13-3-1-4-14(11-13)19(21)22)18-10-2-5-15(18)12-6-8-17-9-7-12/h1,3-4,6-9,11,15H,2,5,10H2. The second-order valence-corrected chi connectivity index (χ2v) is 5.24. The van der Waals surface area contributed by atoms with Crippen molar-refractivity contribution in [3.05, 3.63) is 70.0 Å². The number of pyridine rings is 1. The minimum Gasteiger partial charge on any atom is -0.332 e. The molecular weight excluding hydrogens is 282 g/mol. The second kappa shape index (κ2) is 5.93. The molecule has 1 saturated heterocycles. The van der Waals surface area contributed by atoms with Gasteiger partial charge in [-0.2, -0.15) is 0 Å². The summed E-state index contributed by atoms with van der Waals surface area (Å²) in [5.74, 6) is -0.164. The molecular formula is C16H15N3O3. The highest BCUT2D eigenvalue weighted by Gasteiger charge is 2.30. The van der Waals surface area contributed by atoms with Gasteiger partial charge in [-0.05, 0) is 36.6 Å². The highest BCUT2D eigenvalue weighted by atomic mass is 16.6. The Kier molecular flexibility index (Phi) is 3.82. The second-order valence-electron chi connectivity index (χ2n) is 5.24. The molecule has 2 aromatic rings. The third kappa shape index (κ3) is 2.67. The van der Waals surface area contributed by atoms with Crippen LogP contribution >= 0.6 is 0 Å². The molecule has 0 bridgehead atoms. The van der Waals surface area contributed by atoms with Crippen molar-refractivity contribution in [2.45, 2.75) is 18.9 Å². The highest BCUT2D eigenvalue weighted by molar-refractivity contribution is 5.95. The first-order valence-electron chi connectivity index (χ1n) is 7.12. The lowest BCUT2D eigenvalue weighted by atomic mass is 10.1. The lowest BCUT2D eigenvalue weighted by molar-refractivity contribution is -0.384. The van der Waals surface area contributed by atoms with Crippen molar-refractivity contribution in [2.75, 3.05) is 6.54 Å². The molecule has 1 atom stereocenters. The van der Waals surface area contributed by atoms with Crippen molar-refractivity contribution < 1.29 is 9.72 Å². The van der Waals surface area contributed by atoms with Crippen molar-refractivity contribution in [1.82, 2.24) is 9.88 Å². The Bertz CT molecular complexity index is 703. The fourth-order valence-electron chi connectivity index (χ4n) is 2.86. The van der Waals surface area contributed by atoms with Gasteiger partial charge >= 0.3 is 0 Å². The summed E-state index contributed by atoms with van der Waals surface area (Å²) in [5.41, 5.74) is 1.34. The molecule has 0 aliphatic carbocycles. The quantitative estimate of drug-likeness (QED) is 0.644. The van der Waals surface area contributed by atoms with E-state index in [0.29, 0.717) is 12.1 Å². The number of carbonyl (C=O) groups is 1. The summed E-state index contributed by atoms with van der Waals surface area (Å²) in [6.07, 6.45) is 5.24. The number of aromatic nitrogens is 1. The van der Waals surface area contributed by atoms with Crippen LogP contribution in [0.25, 0.3) is 0 Å². The Morgan fingerprint density at radius 1 is 1.27 bits per heavy atom. The Balaban J connectivity index is 1.88. The summed E-state index contributed by atoms with van der Waals surface area (Å²) in [6.45, 7) is 0.661. The largest absolute Gasteiger partial charge is 0.332 e. The molecule has 1 unspecified atom stereocenters. The molecule has 1 aliphatic rings. The third-order valence-electron chi connectivity index (χ3n) is 3.91. The van der Waals surface area contributed by atoms with Gasteiger partial charge in [0.25, 0.3) is 11.6 Å². The van der Waals surface area contributed by atoms with E-state index < -0.39 is 4.92 Å². The number of nitro groups is 1. The summed E-state index contributed by atoms with van der Waals surface area (Å²) in [6, 6.07) is 9.72. The molecule has 6 heteroatoms. The molecule has 0 radical (unpaired) electrons. The summed E-state index contributed by atoms with van der Waals surface area (Å²) < 4.78 is 0. The van der Waals surface area contributed by atoms with E-state index in [0.717, 1.165) is 18.4 Å². The fraction of sp³-hybridized carbons (Fsp3) is 0.250. The van der Waals surface area contributed by atoms with Gasteiger partial charge in [0.1, 0.15) is 0 Å². The molecule has 22 heavy (non-hydrogen) atoms. The molecule has 0 N–H and O–H groups in total. The molecule has 2 heterocycles. The van der Waals surface area contributed by atoms with Gasteiger partial charge < -0.3 is 4.90 Å². The van der Waals surface area contributed by atoms with Crippen molar-refractivity contribution >= 4 is 11.6 Å². The van der Waals surface area contributed by atoms with E-state index in [1.165, 1.54) is 12.1 Å². The van der Waals surface area contributed by atoms with E-state index in [9.17, 15) is 14.9 Å². The van der Waals surface area contributed by atoms with Gasteiger partial charge in [-0.15, -0.1) is 0 Å². The van der Waals surface area contributed by atoms with E-state index >= 15 is 0 Å². The number of hydrogen-bond acceptors (Lipinski definition) is 4. The molecule has 3 rings (SSSR count). The van der Waals surface area contributed by atoms with Crippen LogP contribution in [-0.4, -0.2) is 27.3 Å². The zero-order chi connectivity index (χ0) is 15.5. The van der Waals surface area contributed by atoms with Crippen molar-refractivity contribution in [2.24, 2.45) is 0 Å². The number of rotatable bonds is 3. The SMILES string of the molecule is O=C(c1cccc([N+](=O)[O-])c1)N1CCCC1c1ccncc1. The number of benzene rings is 1. The molecule has 0 spiro atoms. The molecule has 1 aromatic heterocycles.